The van der Waals surface area contributed by atoms with Gasteiger partial charge in [-0.25, -0.2) is 0 Å². The average molecular weight is 295 g/mol. The van der Waals surface area contributed by atoms with Crippen LogP contribution in [-0.2, 0) is 9.47 Å². The van der Waals surface area contributed by atoms with Gasteiger partial charge in [0.15, 0.2) is 0 Å². The summed E-state index contributed by atoms with van der Waals surface area (Å²) >= 11 is 1.57. The van der Waals surface area contributed by atoms with Crippen LogP contribution in [0.2, 0.25) is 0 Å². The van der Waals surface area contributed by atoms with E-state index in [-0.39, 0.29) is 5.91 Å². The zero-order valence-electron chi connectivity index (χ0n) is 11.6. The highest BCUT2D eigenvalue weighted by Gasteiger charge is 2.25. The summed E-state index contributed by atoms with van der Waals surface area (Å²) in [6.45, 7) is 4.14. The topological polar surface area (TPSA) is 38.8 Å². The molecule has 0 saturated carbocycles. The maximum atomic E-state index is 12.2. The predicted molar refractivity (Wildman–Crippen MR) is 78.1 cm³/mol. The summed E-state index contributed by atoms with van der Waals surface area (Å²) in [7, 11) is 0. The highest BCUT2D eigenvalue weighted by molar-refractivity contribution is 7.08. The Hall–Kier alpha value is -0.910. The number of thiophene rings is 1. The molecule has 1 aromatic heterocycles. The minimum absolute atomic E-state index is 0.161. The van der Waals surface area contributed by atoms with Crippen molar-refractivity contribution in [2.75, 3.05) is 32.9 Å². The molecule has 2 saturated heterocycles. The van der Waals surface area contributed by atoms with Crippen LogP contribution in [0, 0.1) is 5.92 Å². The number of hydrogen-bond acceptors (Lipinski definition) is 4. The first kappa shape index (κ1) is 14.0. The van der Waals surface area contributed by atoms with Gasteiger partial charge in [-0.15, -0.1) is 0 Å². The number of carbonyl (C=O) groups excluding carboxylic acids is 1. The van der Waals surface area contributed by atoms with Crippen molar-refractivity contribution in [2.45, 2.75) is 25.4 Å². The highest BCUT2D eigenvalue weighted by Crippen LogP contribution is 2.20. The van der Waals surface area contributed by atoms with Crippen LogP contribution >= 0.6 is 11.3 Å². The van der Waals surface area contributed by atoms with Gasteiger partial charge in [0.1, 0.15) is 0 Å². The van der Waals surface area contributed by atoms with Crippen molar-refractivity contribution in [3.8, 4) is 0 Å². The third-order valence-electron chi connectivity index (χ3n) is 4.09. The summed E-state index contributed by atoms with van der Waals surface area (Å²) in [6.07, 6.45) is 3.32. The SMILES string of the molecule is O=C(c1ccsc1)N1CCC(OC[C@H]2CCOC2)CC1. The van der Waals surface area contributed by atoms with Crippen molar-refractivity contribution in [3.05, 3.63) is 22.4 Å². The first-order chi connectivity index (χ1) is 9.83. The molecule has 0 aromatic carbocycles. The Morgan fingerprint density at radius 2 is 2.25 bits per heavy atom. The number of rotatable bonds is 4. The number of piperidine rings is 1. The summed E-state index contributed by atoms with van der Waals surface area (Å²) in [5, 5.41) is 3.87. The molecule has 0 bridgehead atoms. The molecule has 2 aliphatic heterocycles. The zero-order chi connectivity index (χ0) is 13.8. The number of carbonyl (C=O) groups is 1. The van der Waals surface area contributed by atoms with Crippen LogP contribution < -0.4 is 0 Å². The van der Waals surface area contributed by atoms with E-state index in [0.29, 0.717) is 12.0 Å². The lowest BCUT2D eigenvalue weighted by Gasteiger charge is -2.32. The molecular formula is C15H21NO3S. The second-order valence-corrected chi connectivity index (χ2v) is 6.35. The Kier molecular flexibility index (Phi) is 4.70. The zero-order valence-corrected chi connectivity index (χ0v) is 12.4. The third-order valence-corrected chi connectivity index (χ3v) is 4.77. The molecule has 1 aromatic rings. The van der Waals surface area contributed by atoms with E-state index in [0.717, 1.165) is 57.7 Å². The predicted octanol–water partition coefficient (Wildman–Crippen LogP) is 2.41. The van der Waals surface area contributed by atoms with Crippen LogP contribution in [0.15, 0.2) is 16.8 Å². The summed E-state index contributed by atoms with van der Waals surface area (Å²) in [5.74, 6) is 0.731. The van der Waals surface area contributed by atoms with Gasteiger partial charge in [-0.1, -0.05) is 0 Å². The molecular weight excluding hydrogens is 274 g/mol. The number of ether oxygens (including phenoxy) is 2. The molecule has 0 aliphatic carbocycles. The van der Waals surface area contributed by atoms with E-state index >= 15 is 0 Å². The fraction of sp³-hybridized carbons (Fsp3) is 0.667. The lowest BCUT2D eigenvalue weighted by Crippen LogP contribution is -2.41. The molecule has 2 aliphatic rings. The molecule has 0 spiro atoms. The van der Waals surface area contributed by atoms with Crippen LogP contribution in [0.3, 0.4) is 0 Å². The molecule has 110 valence electrons. The number of amides is 1. The van der Waals surface area contributed by atoms with Gasteiger partial charge in [0.05, 0.1) is 24.9 Å². The molecule has 3 heterocycles. The minimum Gasteiger partial charge on any atom is -0.381 e. The van der Waals surface area contributed by atoms with Crippen molar-refractivity contribution >= 4 is 17.2 Å². The van der Waals surface area contributed by atoms with Crippen LogP contribution in [-0.4, -0.2) is 49.8 Å². The molecule has 4 nitrogen and oxygen atoms in total. The second-order valence-electron chi connectivity index (χ2n) is 5.57. The van der Waals surface area contributed by atoms with Crippen molar-refractivity contribution in [2.24, 2.45) is 5.92 Å². The van der Waals surface area contributed by atoms with Crippen LogP contribution in [0.4, 0.5) is 0 Å². The van der Waals surface area contributed by atoms with E-state index in [9.17, 15) is 4.79 Å². The molecule has 1 atom stereocenters. The first-order valence-electron chi connectivity index (χ1n) is 7.34. The summed E-state index contributed by atoms with van der Waals surface area (Å²) in [4.78, 5) is 14.2. The monoisotopic (exact) mass is 295 g/mol. The molecule has 3 rings (SSSR count). The molecule has 0 unspecified atom stereocenters. The summed E-state index contributed by atoms with van der Waals surface area (Å²) < 4.78 is 11.3. The highest BCUT2D eigenvalue weighted by atomic mass is 32.1. The van der Waals surface area contributed by atoms with Gasteiger partial charge < -0.3 is 14.4 Å². The lowest BCUT2D eigenvalue weighted by molar-refractivity contribution is -0.00792. The largest absolute Gasteiger partial charge is 0.381 e. The van der Waals surface area contributed by atoms with Gasteiger partial charge in [0.25, 0.3) is 5.91 Å². The lowest BCUT2D eigenvalue weighted by atomic mass is 10.1. The number of likely N-dealkylation sites (tertiary alicyclic amines) is 1. The van der Waals surface area contributed by atoms with Crippen LogP contribution in [0.1, 0.15) is 29.6 Å². The molecule has 2 fully saturated rings. The average Bonchev–Trinajstić information content (AvgIpc) is 3.18. The van der Waals surface area contributed by atoms with Gasteiger partial charge in [-0.3, -0.25) is 4.79 Å². The van der Waals surface area contributed by atoms with Gasteiger partial charge in [0, 0.05) is 31.0 Å². The van der Waals surface area contributed by atoms with Crippen LogP contribution in [0.5, 0.6) is 0 Å². The van der Waals surface area contributed by atoms with Crippen LogP contribution in [0.25, 0.3) is 0 Å². The maximum Gasteiger partial charge on any atom is 0.254 e. The Labute approximate surface area is 123 Å². The van der Waals surface area contributed by atoms with Gasteiger partial charge >= 0.3 is 0 Å². The van der Waals surface area contributed by atoms with Crippen molar-refractivity contribution in [1.29, 1.82) is 0 Å². The third kappa shape index (κ3) is 3.40. The normalized spacial score (nSPS) is 24.2. The second kappa shape index (κ2) is 6.70. The van der Waals surface area contributed by atoms with E-state index in [2.05, 4.69) is 0 Å². The minimum atomic E-state index is 0.161. The maximum absolute atomic E-state index is 12.2. The van der Waals surface area contributed by atoms with Gasteiger partial charge in [-0.05, 0) is 30.7 Å². The van der Waals surface area contributed by atoms with E-state index in [1.807, 2.05) is 21.7 Å². The molecule has 1 amide bonds. The Balaban J connectivity index is 1.41. The summed E-state index contributed by atoms with van der Waals surface area (Å²) in [6, 6.07) is 1.90. The van der Waals surface area contributed by atoms with Gasteiger partial charge in [0.2, 0.25) is 0 Å². The fourth-order valence-electron chi connectivity index (χ4n) is 2.78. The van der Waals surface area contributed by atoms with Crippen molar-refractivity contribution in [1.82, 2.24) is 4.90 Å². The molecule has 5 heteroatoms. The van der Waals surface area contributed by atoms with Crippen molar-refractivity contribution < 1.29 is 14.3 Å². The first-order valence-corrected chi connectivity index (χ1v) is 8.28. The number of nitrogens with zero attached hydrogens (tertiary/aromatic N) is 1. The molecule has 20 heavy (non-hydrogen) atoms. The summed E-state index contributed by atoms with van der Waals surface area (Å²) in [5.41, 5.74) is 0.817. The van der Waals surface area contributed by atoms with E-state index in [1.165, 1.54) is 0 Å². The van der Waals surface area contributed by atoms with Crippen molar-refractivity contribution in [3.63, 3.8) is 0 Å². The van der Waals surface area contributed by atoms with E-state index in [1.54, 1.807) is 11.3 Å². The molecule has 0 N–H and O–H groups in total. The Morgan fingerprint density at radius 1 is 1.40 bits per heavy atom. The van der Waals surface area contributed by atoms with E-state index in [4.69, 9.17) is 9.47 Å². The molecule has 0 radical (unpaired) electrons. The van der Waals surface area contributed by atoms with E-state index < -0.39 is 0 Å². The smallest absolute Gasteiger partial charge is 0.254 e. The standard InChI is InChI=1S/C15H21NO3S/c17-15(13-4-8-20-11-13)16-5-1-14(2-6-16)19-10-12-3-7-18-9-12/h4,8,11-12,14H,1-3,5-7,9-10H2/t12-/m0/s1. The fourth-order valence-corrected chi connectivity index (χ4v) is 3.41. The Morgan fingerprint density at radius 3 is 2.90 bits per heavy atom. The van der Waals surface area contributed by atoms with Gasteiger partial charge in [-0.2, -0.15) is 11.3 Å². The quantitative estimate of drug-likeness (QED) is 0.856. The Bertz CT molecular complexity index is 420. The number of hydrogen-bond donors (Lipinski definition) is 0.